The van der Waals surface area contributed by atoms with Crippen LogP contribution in [0.25, 0.3) is 0 Å². The first-order chi connectivity index (χ1) is 11.5. The largest absolute Gasteiger partial charge is 0.338 e. The Morgan fingerprint density at radius 1 is 1.54 bits per heavy atom. The standard InChI is InChI=1S/C16H18BrClN4OS/c1-2-22-14(19-20-16(22)24)10-4-3-7-21(9-10)15(23)12-8-11(17)5-6-13(12)18/h5-6,8,10H,2-4,7,9H2,1H3,(H,20,24). The van der Waals surface area contributed by atoms with Gasteiger partial charge in [-0.3, -0.25) is 9.89 Å². The van der Waals surface area contributed by atoms with Gasteiger partial charge in [-0.15, -0.1) is 0 Å². The van der Waals surface area contributed by atoms with Crippen LogP contribution in [0.15, 0.2) is 22.7 Å². The molecular formula is C16H18BrClN4OS. The molecular weight excluding hydrogens is 412 g/mol. The zero-order chi connectivity index (χ0) is 17.3. The number of piperidine rings is 1. The summed E-state index contributed by atoms with van der Waals surface area (Å²) in [5.74, 6) is 1.07. The number of hydrogen-bond acceptors (Lipinski definition) is 3. The van der Waals surface area contributed by atoms with Crippen LogP contribution in [0, 0.1) is 4.77 Å². The Balaban J connectivity index is 1.84. The summed E-state index contributed by atoms with van der Waals surface area (Å²) in [7, 11) is 0. The maximum Gasteiger partial charge on any atom is 0.255 e. The van der Waals surface area contributed by atoms with E-state index in [4.69, 9.17) is 23.8 Å². The van der Waals surface area contributed by atoms with E-state index in [1.165, 1.54) is 0 Å². The summed E-state index contributed by atoms with van der Waals surface area (Å²) in [5, 5.41) is 7.72. The lowest BCUT2D eigenvalue weighted by Gasteiger charge is -2.32. The van der Waals surface area contributed by atoms with Crippen molar-refractivity contribution in [3.63, 3.8) is 0 Å². The summed E-state index contributed by atoms with van der Waals surface area (Å²) in [4.78, 5) is 14.7. The van der Waals surface area contributed by atoms with E-state index < -0.39 is 0 Å². The summed E-state index contributed by atoms with van der Waals surface area (Å²) in [6.45, 7) is 4.17. The van der Waals surface area contributed by atoms with Crippen LogP contribution in [-0.2, 0) is 6.54 Å². The van der Waals surface area contributed by atoms with Crippen LogP contribution in [0.2, 0.25) is 5.02 Å². The molecule has 24 heavy (non-hydrogen) atoms. The van der Waals surface area contributed by atoms with Crippen molar-refractivity contribution < 1.29 is 4.79 Å². The Bertz CT molecular complexity index is 819. The molecule has 0 spiro atoms. The van der Waals surface area contributed by atoms with Gasteiger partial charge in [-0.05, 0) is 50.2 Å². The molecule has 1 saturated heterocycles. The third kappa shape index (κ3) is 3.43. The number of rotatable bonds is 3. The first-order valence-electron chi connectivity index (χ1n) is 7.90. The molecule has 2 aromatic rings. The lowest BCUT2D eigenvalue weighted by Crippen LogP contribution is -2.40. The number of hydrogen-bond donors (Lipinski definition) is 1. The highest BCUT2D eigenvalue weighted by molar-refractivity contribution is 9.10. The number of aromatic nitrogens is 3. The molecule has 0 aliphatic carbocycles. The molecule has 2 heterocycles. The predicted molar refractivity (Wildman–Crippen MR) is 100 cm³/mol. The highest BCUT2D eigenvalue weighted by Crippen LogP contribution is 2.29. The Morgan fingerprint density at radius 3 is 3.08 bits per heavy atom. The van der Waals surface area contributed by atoms with Crippen LogP contribution in [0.5, 0.6) is 0 Å². The molecule has 1 unspecified atom stereocenters. The summed E-state index contributed by atoms with van der Waals surface area (Å²) in [5.41, 5.74) is 0.529. The second kappa shape index (κ2) is 7.37. The molecule has 5 nitrogen and oxygen atoms in total. The van der Waals surface area contributed by atoms with Gasteiger partial charge in [-0.1, -0.05) is 27.5 Å². The molecule has 0 bridgehead atoms. The van der Waals surface area contributed by atoms with Crippen molar-refractivity contribution in [2.24, 2.45) is 0 Å². The van der Waals surface area contributed by atoms with Crippen molar-refractivity contribution in [2.45, 2.75) is 32.2 Å². The molecule has 1 aliphatic heterocycles. The summed E-state index contributed by atoms with van der Waals surface area (Å²) < 4.78 is 3.47. The first-order valence-corrected chi connectivity index (χ1v) is 9.48. The van der Waals surface area contributed by atoms with Crippen LogP contribution in [-0.4, -0.2) is 38.7 Å². The number of benzene rings is 1. The number of likely N-dealkylation sites (tertiary alicyclic amines) is 1. The Hall–Kier alpha value is -1.18. The van der Waals surface area contributed by atoms with Gasteiger partial charge < -0.3 is 9.47 Å². The molecule has 3 rings (SSSR count). The van der Waals surface area contributed by atoms with E-state index in [2.05, 4.69) is 26.1 Å². The fraction of sp³-hybridized carbons (Fsp3) is 0.438. The molecule has 1 N–H and O–H groups in total. The van der Waals surface area contributed by atoms with Gasteiger partial charge in [0.1, 0.15) is 5.82 Å². The molecule has 1 aromatic carbocycles. The monoisotopic (exact) mass is 428 g/mol. The third-order valence-electron chi connectivity index (χ3n) is 4.34. The topological polar surface area (TPSA) is 53.9 Å². The second-order valence-electron chi connectivity index (χ2n) is 5.85. The van der Waals surface area contributed by atoms with Gasteiger partial charge in [0.05, 0.1) is 10.6 Å². The van der Waals surface area contributed by atoms with Gasteiger partial charge in [0.15, 0.2) is 4.77 Å². The highest BCUT2D eigenvalue weighted by Gasteiger charge is 2.29. The zero-order valence-electron chi connectivity index (χ0n) is 13.3. The molecule has 1 aliphatic rings. The van der Waals surface area contributed by atoms with Crippen molar-refractivity contribution in [1.82, 2.24) is 19.7 Å². The summed E-state index contributed by atoms with van der Waals surface area (Å²) in [6.07, 6.45) is 1.93. The molecule has 0 saturated carbocycles. The first kappa shape index (κ1) is 17.6. The van der Waals surface area contributed by atoms with E-state index in [0.717, 1.165) is 36.2 Å². The van der Waals surface area contributed by atoms with Crippen LogP contribution in [0.1, 0.15) is 41.9 Å². The van der Waals surface area contributed by atoms with Gasteiger partial charge >= 0.3 is 0 Å². The normalized spacial score (nSPS) is 18.0. The summed E-state index contributed by atoms with van der Waals surface area (Å²) >= 11 is 14.9. The number of nitrogens with one attached hydrogen (secondary N) is 1. The van der Waals surface area contributed by atoms with E-state index in [-0.39, 0.29) is 11.8 Å². The number of carbonyl (C=O) groups is 1. The molecule has 1 fully saturated rings. The number of carbonyl (C=O) groups excluding carboxylic acids is 1. The van der Waals surface area contributed by atoms with Crippen molar-refractivity contribution in [1.29, 1.82) is 0 Å². The average Bonchev–Trinajstić information content (AvgIpc) is 2.97. The van der Waals surface area contributed by atoms with Gasteiger partial charge in [-0.25, -0.2) is 0 Å². The Labute approximate surface area is 159 Å². The van der Waals surface area contributed by atoms with Crippen LogP contribution in [0.3, 0.4) is 0 Å². The smallest absolute Gasteiger partial charge is 0.255 e. The van der Waals surface area contributed by atoms with Crippen molar-refractivity contribution >= 4 is 45.7 Å². The van der Waals surface area contributed by atoms with Crippen molar-refractivity contribution in [3.8, 4) is 0 Å². The molecule has 8 heteroatoms. The minimum absolute atomic E-state index is 0.0387. The van der Waals surface area contributed by atoms with Crippen LogP contribution in [0.4, 0.5) is 0 Å². The van der Waals surface area contributed by atoms with E-state index in [0.29, 0.717) is 21.9 Å². The SMILES string of the molecule is CCn1c(C2CCCN(C(=O)c3cc(Br)ccc3Cl)C2)n[nH]c1=S. The number of amides is 1. The van der Waals surface area contributed by atoms with Crippen LogP contribution < -0.4 is 0 Å². The number of nitrogens with zero attached hydrogens (tertiary/aromatic N) is 3. The Kier molecular flexibility index (Phi) is 5.42. The quantitative estimate of drug-likeness (QED) is 0.736. The second-order valence-corrected chi connectivity index (χ2v) is 7.56. The minimum atomic E-state index is -0.0387. The number of H-pyrrole nitrogens is 1. The lowest BCUT2D eigenvalue weighted by atomic mass is 9.96. The summed E-state index contributed by atoms with van der Waals surface area (Å²) in [6, 6.07) is 5.34. The minimum Gasteiger partial charge on any atom is -0.338 e. The van der Waals surface area contributed by atoms with E-state index >= 15 is 0 Å². The fourth-order valence-electron chi connectivity index (χ4n) is 3.15. The fourth-order valence-corrected chi connectivity index (χ4v) is 3.98. The average molecular weight is 430 g/mol. The van der Waals surface area contributed by atoms with Crippen molar-refractivity contribution in [2.75, 3.05) is 13.1 Å². The lowest BCUT2D eigenvalue weighted by molar-refractivity contribution is 0.0703. The Morgan fingerprint density at radius 2 is 2.33 bits per heavy atom. The highest BCUT2D eigenvalue weighted by atomic mass is 79.9. The molecule has 1 amide bonds. The molecule has 1 aromatic heterocycles. The van der Waals surface area contributed by atoms with Gasteiger partial charge in [0, 0.05) is 30.0 Å². The van der Waals surface area contributed by atoms with E-state index in [1.807, 2.05) is 22.5 Å². The molecule has 1 atom stereocenters. The predicted octanol–water partition coefficient (Wildman–Crippen LogP) is 4.40. The number of aromatic amines is 1. The van der Waals surface area contributed by atoms with E-state index in [9.17, 15) is 4.79 Å². The van der Waals surface area contributed by atoms with E-state index in [1.54, 1.807) is 12.1 Å². The zero-order valence-corrected chi connectivity index (χ0v) is 16.4. The molecule has 128 valence electrons. The van der Waals surface area contributed by atoms with Crippen LogP contribution >= 0.6 is 39.7 Å². The third-order valence-corrected chi connectivity index (χ3v) is 5.47. The maximum atomic E-state index is 12.9. The number of halogens is 2. The van der Waals surface area contributed by atoms with Gasteiger partial charge in [-0.2, -0.15) is 5.10 Å². The molecule has 0 radical (unpaired) electrons. The van der Waals surface area contributed by atoms with Gasteiger partial charge in [0.2, 0.25) is 0 Å². The maximum absolute atomic E-state index is 12.9. The van der Waals surface area contributed by atoms with Gasteiger partial charge in [0.25, 0.3) is 5.91 Å². The van der Waals surface area contributed by atoms with Crippen molar-refractivity contribution in [3.05, 3.63) is 43.9 Å².